The molecule has 0 bridgehead atoms. The van der Waals surface area contributed by atoms with Crippen molar-refractivity contribution in [2.45, 2.75) is 0 Å². The van der Waals surface area contributed by atoms with E-state index < -0.39 is 6.03 Å². The summed E-state index contributed by atoms with van der Waals surface area (Å²) in [5, 5.41) is 2.35. The first-order valence-electron chi connectivity index (χ1n) is 4.10. The van der Waals surface area contributed by atoms with Crippen molar-refractivity contribution < 1.29 is 13.9 Å². The van der Waals surface area contributed by atoms with E-state index >= 15 is 0 Å². The molecule has 0 aliphatic rings. The minimum absolute atomic E-state index is 0.256. The highest BCUT2D eigenvalue weighted by molar-refractivity contribution is 5.71. The third kappa shape index (κ3) is 3.75. The Labute approximate surface area is 80.9 Å². The summed E-state index contributed by atoms with van der Waals surface area (Å²) in [6.07, 6.45) is 0. The van der Waals surface area contributed by atoms with Gasteiger partial charge in [0.15, 0.2) is 0 Å². The molecule has 76 valence electrons. The number of nitrogens with one attached hydrogen (secondary N) is 1. The van der Waals surface area contributed by atoms with Gasteiger partial charge < -0.3 is 15.8 Å². The number of hydrogen-bond acceptors (Lipinski definition) is 2. The number of carbonyl (C=O) groups is 1. The van der Waals surface area contributed by atoms with Crippen molar-refractivity contribution in [1.82, 2.24) is 5.32 Å². The summed E-state index contributed by atoms with van der Waals surface area (Å²) in [4.78, 5) is 10.3. The van der Waals surface area contributed by atoms with Crippen LogP contribution in [0.4, 0.5) is 9.18 Å². The summed E-state index contributed by atoms with van der Waals surface area (Å²) in [5.41, 5.74) is 4.83. The van der Waals surface area contributed by atoms with Crippen LogP contribution in [0, 0.1) is 5.82 Å². The third-order valence-corrected chi connectivity index (χ3v) is 1.47. The Balaban J connectivity index is 2.28. The van der Waals surface area contributed by atoms with Crippen LogP contribution in [0.5, 0.6) is 5.75 Å². The number of urea groups is 1. The second-order valence-corrected chi connectivity index (χ2v) is 2.60. The highest BCUT2D eigenvalue weighted by atomic mass is 19.1. The maximum absolute atomic E-state index is 12.6. The van der Waals surface area contributed by atoms with Gasteiger partial charge >= 0.3 is 6.03 Å². The fraction of sp³-hybridized carbons (Fsp3) is 0.222. The molecule has 0 saturated heterocycles. The van der Waals surface area contributed by atoms with Gasteiger partial charge in [-0.05, 0) is 12.1 Å². The lowest BCUT2D eigenvalue weighted by molar-refractivity contribution is 0.244. The SMILES string of the molecule is NC(=O)NCCOc1cccc(F)c1. The Kier molecular flexibility index (Phi) is 3.72. The van der Waals surface area contributed by atoms with Crippen LogP contribution >= 0.6 is 0 Å². The lowest BCUT2D eigenvalue weighted by Crippen LogP contribution is -2.32. The van der Waals surface area contributed by atoms with Gasteiger partial charge in [-0.2, -0.15) is 0 Å². The predicted molar refractivity (Wildman–Crippen MR) is 49.5 cm³/mol. The first-order chi connectivity index (χ1) is 6.68. The van der Waals surface area contributed by atoms with Gasteiger partial charge in [0.2, 0.25) is 0 Å². The number of nitrogens with two attached hydrogens (primary N) is 1. The largest absolute Gasteiger partial charge is 0.492 e. The van der Waals surface area contributed by atoms with Crippen molar-refractivity contribution in [1.29, 1.82) is 0 Å². The maximum Gasteiger partial charge on any atom is 0.312 e. The maximum atomic E-state index is 12.6. The van der Waals surface area contributed by atoms with Crippen molar-refractivity contribution in [3.8, 4) is 5.75 Å². The molecule has 0 saturated carbocycles. The summed E-state index contributed by atoms with van der Waals surface area (Å²) >= 11 is 0. The van der Waals surface area contributed by atoms with E-state index in [1.807, 2.05) is 0 Å². The Bertz CT molecular complexity index is 317. The summed E-state index contributed by atoms with van der Waals surface area (Å²) in [5.74, 6) is 0.0710. The Hall–Kier alpha value is -1.78. The predicted octanol–water partition coefficient (Wildman–Crippen LogP) is 0.873. The molecule has 1 aromatic rings. The molecule has 1 rings (SSSR count). The van der Waals surface area contributed by atoms with Gasteiger partial charge in [-0.25, -0.2) is 9.18 Å². The van der Waals surface area contributed by atoms with Gasteiger partial charge in [-0.15, -0.1) is 0 Å². The van der Waals surface area contributed by atoms with E-state index in [1.54, 1.807) is 12.1 Å². The van der Waals surface area contributed by atoms with E-state index in [4.69, 9.17) is 10.5 Å². The smallest absolute Gasteiger partial charge is 0.312 e. The average Bonchev–Trinajstić information content (AvgIpc) is 2.12. The zero-order valence-electron chi connectivity index (χ0n) is 7.50. The van der Waals surface area contributed by atoms with Crippen molar-refractivity contribution in [3.05, 3.63) is 30.1 Å². The first-order valence-corrected chi connectivity index (χ1v) is 4.10. The van der Waals surface area contributed by atoms with Crippen LogP contribution < -0.4 is 15.8 Å². The van der Waals surface area contributed by atoms with Crippen molar-refractivity contribution >= 4 is 6.03 Å². The number of primary amides is 1. The molecule has 0 radical (unpaired) electrons. The molecule has 0 unspecified atom stereocenters. The fourth-order valence-corrected chi connectivity index (χ4v) is 0.900. The second-order valence-electron chi connectivity index (χ2n) is 2.60. The van der Waals surface area contributed by atoms with Gasteiger partial charge in [0.1, 0.15) is 18.2 Å². The molecule has 5 heteroatoms. The number of ether oxygens (including phenoxy) is 1. The number of rotatable bonds is 4. The first kappa shape index (κ1) is 10.3. The van der Waals surface area contributed by atoms with E-state index in [-0.39, 0.29) is 12.4 Å². The number of amides is 2. The van der Waals surface area contributed by atoms with Crippen LogP contribution in [0.3, 0.4) is 0 Å². The molecule has 3 N–H and O–H groups in total. The number of benzene rings is 1. The van der Waals surface area contributed by atoms with Crippen LogP contribution in [-0.2, 0) is 0 Å². The van der Waals surface area contributed by atoms with E-state index in [0.717, 1.165) is 0 Å². The molecular formula is C9H11FN2O2. The standard InChI is InChI=1S/C9H11FN2O2/c10-7-2-1-3-8(6-7)14-5-4-12-9(11)13/h1-3,6H,4-5H2,(H3,11,12,13). The Morgan fingerprint density at radius 1 is 1.57 bits per heavy atom. The minimum Gasteiger partial charge on any atom is -0.492 e. The normalized spacial score (nSPS) is 9.50. The van der Waals surface area contributed by atoms with Crippen molar-refractivity contribution in [2.24, 2.45) is 5.73 Å². The number of hydrogen-bond donors (Lipinski definition) is 2. The van der Waals surface area contributed by atoms with Crippen molar-refractivity contribution in [3.63, 3.8) is 0 Å². The molecule has 1 aromatic carbocycles. The quantitative estimate of drug-likeness (QED) is 0.705. The summed E-state index contributed by atoms with van der Waals surface area (Å²) in [7, 11) is 0. The second kappa shape index (κ2) is 5.06. The van der Waals surface area contributed by atoms with Crippen LogP contribution in [0.2, 0.25) is 0 Å². The fourth-order valence-electron chi connectivity index (χ4n) is 0.900. The van der Waals surface area contributed by atoms with Crippen LogP contribution in [0.15, 0.2) is 24.3 Å². The Morgan fingerprint density at radius 2 is 2.36 bits per heavy atom. The van der Waals surface area contributed by atoms with E-state index in [9.17, 15) is 9.18 Å². The monoisotopic (exact) mass is 198 g/mol. The van der Waals surface area contributed by atoms with Crippen LogP contribution in [0.25, 0.3) is 0 Å². The van der Waals surface area contributed by atoms with Crippen LogP contribution in [-0.4, -0.2) is 19.2 Å². The summed E-state index contributed by atoms with van der Waals surface area (Å²) in [6, 6.07) is 5.17. The molecule has 14 heavy (non-hydrogen) atoms. The zero-order valence-corrected chi connectivity index (χ0v) is 7.50. The molecule has 0 atom stereocenters. The molecular weight excluding hydrogens is 187 g/mol. The highest BCUT2D eigenvalue weighted by Crippen LogP contribution is 2.11. The van der Waals surface area contributed by atoms with E-state index in [2.05, 4.69) is 5.32 Å². The summed E-state index contributed by atoms with van der Waals surface area (Å²) in [6.45, 7) is 0.554. The van der Waals surface area contributed by atoms with E-state index in [1.165, 1.54) is 12.1 Å². The summed E-state index contributed by atoms with van der Waals surface area (Å²) < 4.78 is 17.8. The zero-order chi connectivity index (χ0) is 10.4. The minimum atomic E-state index is -0.604. The van der Waals surface area contributed by atoms with Gasteiger partial charge in [0.05, 0.1) is 6.54 Å². The van der Waals surface area contributed by atoms with Gasteiger partial charge in [0, 0.05) is 6.07 Å². The molecule has 0 heterocycles. The molecule has 4 nitrogen and oxygen atoms in total. The van der Waals surface area contributed by atoms with Crippen LogP contribution in [0.1, 0.15) is 0 Å². The highest BCUT2D eigenvalue weighted by Gasteiger charge is 1.96. The van der Waals surface area contributed by atoms with Gasteiger partial charge in [-0.1, -0.05) is 6.07 Å². The topological polar surface area (TPSA) is 64.4 Å². The number of halogens is 1. The van der Waals surface area contributed by atoms with Crippen molar-refractivity contribution in [2.75, 3.05) is 13.2 Å². The van der Waals surface area contributed by atoms with Gasteiger partial charge in [-0.3, -0.25) is 0 Å². The lowest BCUT2D eigenvalue weighted by atomic mass is 10.3. The molecule has 0 aliphatic heterocycles. The van der Waals surface area contributed by atoms with E-state index in [0.29, 0.717) is 12.3 Å². The molecule has 0 aromatic heterocycles. The molecule has 0 aliphatic carbocycles. The van der Waals surface area contributed by atoms with Gasteiger partial charge in [0.25, 0.3) is 0 Å². The molecule has 0 spiro atoms. The average molecular weight is 198 g/mol. The Morgan fingerprint density at radius 3 is 3.00 bits per heavy atom. The molecule has 2 amide bonds. The lowest BCUT2D eigenvalue weighted by Gasteiger charge is -2.05. The molecule has 0 fully saturated rings. The third-order valence-electron chi connectivity index (χ3n) is 1.47. The number of carbonyl (C=O) groups excluding carboxylic acids is 1.